The summed E-state index contributed by atoms with van der Waals surface area (Å²) in [6.45, 7) is 2.92. The highest BCUT2D eigenvalue weighted by Gasteiger charge is 2.28. The number of aliphatic hydroxyl groups is 1. The van der Waals surface area contributed by atoms with Crippen molar-refractivity contribution in [2.24, 2.45) is 5.92 Å². The Bertz CT molecular complexity index is 877. The van der Waals surface area contributed by atoms with Gasteiger partial charge in [-0.2, -0.15) is 0 Å². The van der Waals surface area contributed by atoms with Crippen LogP contribution in [0.15, 0.2) is 84.9 Å². The van der Waals surface area contributed by atoms with Gasteiger partial charge >= 0.3 is 0 Å². The van der Waals surface area contributed by atoms with E-state index in [1.165, 1.54) is 12.1 Å². The average Bonchev–Trinajstić information content (AvgIpc) is 2.81. The summed E-state index contributed by atoms with van der Waals surface area (Å²) in [5, 5.41) is 10.7. The number of rotatable bonds is 8. The van der Waals surface area contributed by atoms with E-state index in [-0.39, 0.29) is 23.9 Å². The van der Waals surface area contributed by atoms with E-state index < -0.39 is 0 Å². The molecule has 0 radical (unpaired) electrons. The van der Waals surface area contributed by atoms with Crippen LogP contribution in [-0.4, -0.2) is 35.8 Å². The van der Waals surface area contributed by atoms with Crippen molar-refractivity contribution in [1.82, 2.24) is 4.90 Å². The SMILES string of the molecule is O[C@H]1CN(Cc2ccc(F)cc2)CCC1CCOC(c1ccccc1)c1ccccc1. The minimum absolute atomic E-state index is 0.0990. The van der Waals surface area contributed by atoms with Crippen LogP contribution >= 0.6 is 0 Å². The van der Waals surface area contributed by atoms with Gasteiger partial charge in [0.25, 0.3) is 0 Å². The topological polar surface area (TPSA) is 32.7 Å². The van der Waals surface area contributed by atoms with Crippen LogP contribution in [0.4, 0.5) is 4.39 Å². The lowest BCUT2D eigenvalue weighted by atomic mass is 9.91. The smallest absolute Gasteiger partial charge is 0.123 e. The lowest BCUT2D eigenvalue weighted by Crippen LogP contribution is -2.43. The number of likely N-dealkylation sites (tertiary alicyclic amines) is 1. The first kappa shape index (κ1) is 21.7. The molecule has 1 N–H and O–H groups in total. The summed E-state index contributed by atoms with van der Waals surface area (Å²) in [4.78, 5) is 2.24. The minimum atomic E-state index is -0.371. The van der Waals surface area contributed by atoms with Crippen LogP contribution in [0.3, 0.4) is 0 Å². The maximum Gasteiger partial charge on any atom is 0.123 e. The van der Waals surface area contributed by atoms with Gasteiger partial charge in [0.1, 0.15) is 11.9 Å². The van der Waals surface area contributed by atoms with Gasteiger partial charge in [-0.3, -0.25) is 4.90 Å². The standard InChI is InChI=1S/C27H30FNO2/c28-25-13-11-21(12-14-25)19-29-17-15-22(26(30)20-29)16-18-31-27(23-7-3-1-4-8-23)24-9-5-2-6-10-24/h1-14,22,26-27,30H,15-20H2/t22?,26-/m0/s1. The Morgan fingerprint density at radius 2 is 1.52 bits per heavy atom. The fraction of sp³-hybridized carbons (Fsp3) is 0.333. The maximum absolute atomic E-state index is 13.1. The average molecular weight is 420 g/mol. The van der Waals surface area contributed by atoms with E-state index >= 15 is 0 Å². The maximum atomic E-state index is 13.1. The normalized spacial score (nSPS) is 19.6. The second-order valence-corrected chi connectivity index (χ2v) is 8.34. The van der Waals surface area contributed by atoms with E-state index in [1.54, 1.807) is 0 Å². The third kappa shape index (κ3) is 6.01. The molecule has 0 spiro atoms. The number of β-amino-alcohol motifs (C(OH)–C–C–N with tert-alkyl or cyclic N) is 1. The molecule has 4 heteroatoms. The van der Waals surface area contributed by atoms with Gasteiger partial charge < -0.3 is 9.84 Å². The third-order valence-electron chi connectivity index (χ3n) is 6.10. The van der Waals surface area contributed by atoms with Crippen molar-refractivity contribution in [3.05, 3.63) is 107 Å². The van der Waals surface area contributed by atoms with Gasteiger partial charge in [0.05, 0.1) is 6.10 Å². The lowest BCUT2D eigenvalue weighted by Gasteiger charge is -2.36. The first-order valence-electron chi connectivity index (χ1n) is 11.1. The number of nitrogens with zero attached hydrogens (tertiary/aromatic N) is 1. The van der Waals surface area contributed by atoms with Crippen molar-refractivity contribution in [1.29, 1.82) is 0 Å². The summed E-state index contributed by atoms with van der Waals surface area (Å²) >= 11 is 0. The van der Waals surface area contributed by atoms with Crippen LogP contribution in [0.2, 0.25) is 0 Å². The highest BCUT2D eigenvalue weighted by Crippen LogP contribution is 2.28. The Labute approximate surface area is 184 Å². The molecular weight excluding hydrogens is 389 g/mol. The summed E-state index contributed by atoms with van der Waals surface area (Å²) < 4.78 is 19.4. The van der Waals surface area contributed by atoms with Crippen LogP contribution in [0.5, 0.6) is 0 Å². The van der Waals surface area contributed by atoms with Gasteiger partial charge in [0.15, 0.2) is 0 Å². The number of hydrogen-bond donors (Lipinski definition) is 1. The zero-order valence-corrected chi connectivity index (χ0v) is 17.7. The quantitative estimate of drug-likeness (QED) is 0.544. The Morgan fingerprint density at radius 1 is 0.903 bits per heavy atom. The van der Waals surface area contributed by atoms with Crippen molar-refractivity contribution in [3.8, 4) is 0 Å². The number of halogens is 1. The molecule has 4 rings (SSSR count). The van der Waals surface area contributed by atoms with Crippen LogP contribution in [0, 0.1) is 11.7 Å². The van der Waals surface area contributed by atoms with Gasteiger partial charge in [-0.25, -0.2) is 4.39 Å². The van der Waals surface area contributed by atoms with E-state index in [0.29, 0.717) is 13.2 Å². The van der Waals surface area contributed by atoms with Gasteiger partial charge in [-0.05, 0) is 54.1 Å². The van der Waals surface area contributed by atoms with E-state index in [2.05, 4.69) is 29.2 Å². The summed E-state index contributed by atoms with van der Waals surface area (Å²) in [6.07, 6.45) is 1.30. The monoisotopic (exact) mass is 419 g/mol. The van der Waals surface area contributed by atoms with Gasteiger partial charge in [-0.15, -0.1) is 0 Å². The largest absolute Gasteiger partial charge is 0.392 e. The number of benzene rings is 3. The van der Waals surface area contributed by atoms with E-state index in [0.717, 1.165) is 42.6 Å². The van der Waals surface area contributed by atoms with Crippen molar-refractivity contribution >= 4 is 0 Å². The summed E-state index contributed by atoms with van der Waals surface area (Å²) in [6, 6.07) is 27.2. The van der Waals surface area contributed by atoms with Crippen LogP contribution in [0.25, 0.3) is 0 Å². The molecule has 3 aromatic carbocycles. The number of hydrogen-bond acceptors (Lipinski definition) is 3. The first-order valence-corrected chi connectivity index (χ1v) is 11.1. The van der Waals surface area contributed by atoms with Crippen LogP contribution in [0.1, 0.15) is 35.6 Å². The second kappa shape index (κ2) is 10.7. The molecule has 0 aromatic heterocycles. The van der Waals surface area contributed by atoms with Crippen molar-refractivity contribution < 1.29 is 14.2 Å². The van der Waals surface area contributed by atoms with Gasteiger partial charge in [0.2, 0.25) is 0 Å². The highest BCUT2D eigenvalue weighted by atomic mass is 19.1. The molecule has 1 saturated heterocycles. The zero-order chi connectivity index (χ0) is 21.5. The van der Waals surface area contributed by atoms with Gasteiger partial charge in [-0.1, -0.05) is 72.8 Å². The molecule has 31 heavy (non-hydrogen) atoms. The number of aliphatic hydroxyl groups excluding tert-OH is 1. The molecule has 0 amide bonds. The molecular formula is C27H30FNO2. The zero-order valence-electron chi connectivity index (χ0n) is 17.7. The Morgan fingerprint density at radius 3 is 2.10 bits per heavy atom. The molecule has 0 saturated carbocycles. The first-order chi connectivity index (χ1) is 15.2. The lowest BCUT2D eigenvalue weighted by molar-refractivity contribution is -0.00577. The highest BCUT2D eigenvalue weighted by molar-refractivity contribution is 5.29. The predicted octanol–water partition coefficient (Wildman–Crippen LogP) is 5.20. The Balaban J connectivity index is 1.30. The molecule has 1 fully saturated rings. The van der Waals surface area contributed by atoms with Crippen LogP contribution in [-0.2, 0) is 11.3 Å². The van der Waals surface area contributed by atoms with E-state index in [9.17, 15) is 9.50 Å². The molecule has 1 heterocycles. The molecule has 1 unspecified atom stereocenters. The Hall–Kier alpha value is -2.53. The van der Waals surface area contributed by atoms with Crippen molar-refractivity contribution in [2.75, 3.05) is 19.7 Å². The molecule has 162 valence electrons. The summed E-state index contributed by atoms with van der Waals surface area (Å²) in [5.74, 6) is 0.0171. The predicted molar refractivity (Wildman–Crippen MR) is 121 cm³/mol. The summed E-state index contributed by atoms with van der Waals surface area (Å²) in [5.41, 5.74) is 3.36. The van der Waals surface area contributed by atoms with Crippen molar-refractivity contribution in [2.45, 2.75) is 31.6 Å². The molecule has 1 aliphatic rings. The second-order valence-electron chi connectivity index (χ2n) is 8.34. The molecule has 0 bridgehead atoms. The third-order valence-corrected chi connectivity index (χ3v) is 6.10. The minimum Gasteiger partial charge on any atom is -0.392 e. The molecule has 3 nitrogen and oxygen atoms in total. The Kier molecular flexibility index (Phi) is 7.47. The van der Waals surface area contributed by atoms with Crippen LogP contribution < -0.4 is 0 Å². The molecule has 0 aliphatic carbocycles. The summed E-state index contributed by atoms with van der Waals surface area (Å²) in [7, 11) is 0. The van der Waals surface area contributed by atoms with Gasteiger partial charge in [0, 0.05) is 19.7 Å². The van der Waals surface area contributed by atoms with E-state index in [1.807, 2.05) is 48.5 Å². The van der Waals surface area contributed by atoms with E-state index in [4.69, 9.17) is 4.74 Å². The van der Waals surface area contributed by atoms with Crippen molar-refractivity contribution in [3.63, 3.8) is 0 Å². The fourth-order valence-electron chi connectivity index (χ4n) is 4.35. The molecule has 1 aliphatic heterocycles. The molecule has 2 atom stereocenters. The fourth-order valence-corrected chi connectivity index (χ4v) is 4.35. The number of ether oxygens (including phenoxy) is 1. The molecule has 3 aromatic rings. The number of piperidine rings is 1.